The van der Waals surface area contributed by atoms with Crippen molar-refractivity contribution in [2.45, 2.75) is 59.2 Å². The second kappa shape index (κ2) is 10.3. The van der Waals surface area contributed by atoms with E-state index in [0.29, 0.717) is 17.0 Å². The van der Waals surface area contributed by atoms with Gasteiger partial charge in [0.15, 0.2) is 5.69 Å². The van der Waals surface area contributed by atoms with E-state index in [-0.39, 0.29) is 34.6 Å². The highest BCUT2D eigenvalue weighted by molar-refractivity contribution is 7.09. The standard InChI is InChI=1S/C22H30ClN5O3S/c1-12(2)10-15(20(30)26-22(3,4)5)28(11-13-8-6-7-9-14(13)23)21(31)18-16(24)17(19(25)29)27-32-18/h6-9,12,15H,10-11,24H2,1-5H3,(H2,25,29)(H,26,30)/t15-/m0/s1. The van der Waals surface area contributed by atoms with Crippen LogP contribution in [-0.4, -0.2) is 38.6 Å². The first-order chi connectivity index (χ1) is 14.8. The quantitative estimate of drug-likeness (QED) is 0.533. The molecule has 0 spiro atoms. The van der Waals surface area contributed by atoms with E-state index in [9.17, 15) is 14.4 Å². The van der Waals surface area contributed by atoms with Crippen LogP contribution in [0.2, 0.25) is 5.02 Å². The van der Waals surface area contributed by atoms with E-state index in [1.54, 1.807) is 18.2 Å². The molecule has 32 heavy (non-hydrogen) atoms. The van der Waals surface area contributed by atoms with Crippen LogP contribution in [0, 0.1) is 5.92 Å². The molecule has 2 rings (SSSR count). The monoisotopic (exact) mass is 479 g/mol. The third-order valence-corrected chi connectivity index (χ3v) is 5.81. The number of benzene rings is 1. The zero-order chi connectivity index (χ0) is 24.2. The van der Waals surface area contributed by atoms with Crippen LogP contribution < -0.4 is 16.8 Å². The minimum Gasteiger partial charge on any atom is -0.395 e. The van der Waals surface area contributed by atoms with Crippen LogP contribution in [0.4, 0.5) is 5.69 Å². The van der Waals surface area contributed by atoms with E-state index in [0.717, 1.165) is 11.5 Å². The van der Waals surface area contributed by atoms with E-state index in [4.69, 9.17) is 23.1 Å². The Bertz CT molecular complexity index is 1000. The third-order valence-electron chi connectivity index (χ3n) is 4.59. The first-order valence-corrected chi connectivity index (χ1v) is 11.4. The highest BCUT2D eigenvalue weighted by Gasteiger charge is 2.35. The van der Waals surface area contributed by atoms with Crippen molar-refractivity contribution in [3.05, 3.63) is 45.4 Å². The molecule has 1 heterocycles. The van der Waals surface area contributed by atoms with Gasteiger partial charge < -0.3 is 21.7 Å². The lowest BCUT2D eigenvalue weighted by Crippen LogP contribution is -2.54. The van der Waals surface area contributed by atoms with Gasteiger partial charge in [0.05, 0.1) is 5.69 Å². The summed E-state index contributed by atoms with van der Waals surface area (Å²) in [7, 11) is 0. The number of primary amides is 1. The molecule has 3 amide bonds. The van der Waals surface area contributed by atoms with Gasteiger partial charge in [-0.3, -0.25) is 14.4 Å². The second-order valence-corrected chi connectivity index (χ2v) is 10.2. The zero-order valence-corrected chi connectivity index (χ0v) is 20.5. The number of nitrogens with one attached hydrogen (secondary N) is 1. The van der Waals surface area contributed by atoms with Gasteiger partial charge in [-0.1, -0.05) is 43.6 Å². The van der Waals surface area contributed by atoms with Crippen LogP contribution in [-0.2, 0) is 11.3 Å². The average Bonchev–Trinajstić information content (AvgIpc) is 3.05. The number of nitrogens with two attached hydrogens (primary N) is 2. The van der Waals surface area contributed by atoms with Gasteiger partial charge in [-0.05, 0) is 56.3 Å². The zero-order valence-electron chi connectivity index (χ0n) is 18.9. The molecule has 0 unspecified atom stereocenters. The topological polar surface area (TPSA) is 131 Å². The predicted molar refractivity (Wildman–Crippen MR) is 128 cm³/mol. The molecule has 0 aliphatic heterocycles. The lowest BCUT2D eigenvalue weighted by molar-refractivity contribution is -0.127. The van der Waals surface area contributed by atoms with Crippen LogP contribution in [0.5, 0.6) is 0 Å². The Morgan fingerprint density at radius 3 is 2.34 bits per heavy atom. The van der Waals surface area contributed by atoms with Gasteiger partial charge in [0.2, 0.25) is 5.91 Å². The summed E-state index contributed by atoms with van der Waals surface area (Å²) in [6.45, 7) is 9.65. The normalized spacial score (nSPS) is 12.5. The van der Waals surface area contributed by atoms with Crippen molar-refractivity contribution in [2.75, 3.05) is 5.73 Å². The van der Waals surface area contributed by atoms with Gasteiger partial charge in [-0.2, -0.15) is 4.37 Å². The summed E-state index contributed by atoms with van der Waals surface area (Å²) >= 11 is 7.14. The number of rotatable bonds is 8. The largest absolute Gasteiger partial charge is 0.395 e. The number of carbonyl (C=O) groups excluding carboxylic acids is 3. The summed E-state index contributed by atoms with van der Waals surface area (Å²) in [4.78, 5) is 40.0. The number of carbonyl (C=O) groups is 3. The summed E-state index contributed by atoms with van der Waals surface area (Å²) in [6, 6.07) is 6.32. The molecule has 0 bridgehead atoms. The predicted octanol–water partition coefficient (Wildman–Crippen LogP) is 3.45. The molecule has 1 aromatic carbocycles. The lowest BCUT2D eigenvalue weighted by Gasteiger charge is -2.34. The Labute approximate surface area is 197 Å². The molecule has 0 aliphatic carbocycles. The molecule has 1 aromatic heterocycles. The number of aromatic nitrogens is 1. The smallest absolute Gasteiger partial charge is 0.270 e. The highest BCUT2D eigenvalue weighted by atomic mass is 35.5. The number of halogens is 1. The van der Waals surface area contributed by atoms with E-state index in [2.05, 4.69) is 9.69 Å². The van der Waals surface area contributed by atoms with Gasteiger partial charge in [0.25, 0.3) is 11.8 Å². The Hall–Kier alpha value is -2.65. The Morgan fingerprint density at radius 1 is 1.22 bits per heavy atom. The molecule has 2 aromatic rings. The summed E-state index contributed by atoms with van der Waals surface area (Å²) in [5.41, 5.74) is 11.3. The van der Waals surface area contributed by atoms with Crippen molar-refractivity contribution in [1.29, 1.82) is 0 Å². The van der Waals surface area contributed by atoms with Crippen molar-refractivity contribution in [2.24, 2.45) is 11.7 Å². The average molecular weight is 480 g/mol. The van der Waals surface area contributed by atoms with Crippen LogP contribution in [0.15, 0.2) is 24.3 Å². The van der Waals surface area contributed by atoms with E-state index in [1.165, 1.54) is 4.90 Å². The molecular formula is C22H30ClN5O3S. The highest BCUT2D eigenvalue weighted by Crippen LogP contribution is 2.28. The van der Waals surface area contributed by atoms with Crippen molar-refractivity contribution in [3.8, 4) is 0 Å². The molecule has 0 aliphatic rings. The van der Waals surface area contributed by atoms with Crippen molar-refractivity contribution < 1.29 is 14.4 Å². The number of nitrogens with zero attached hydrogens (tertiary/aromatic N) is 2. The van der Waals surface area contributed by atoms with Gasteiger partial charge in [0, 0.05) is 17.1 Å². The fourth-order valence-electron chi connectivity index (χ4n) is 3.17. The molecule has 174 valence electrons. The number of anilines is 1. The number of amides is 3. The van der Waals surface area contributed by atoms with Crippen molar-refractivity contribution in [3.63, 3.8) is 0 Å². The molecule has 1 atom stereocenters. The van der Waals surface area contributed by atoms with Crippen molar-refractivity contribution >= 4 is 46.5 Å². The van der Waals surface area contributed by atoms with Crippen LogP contribution in [0.3, 0.4) is 0 Å². The maximum absolute atomic E-state index is 13.7. The molecule has 5 N–H and O–H groups in total. The van der Waals surface area contributed by atoms with Gasteiger partial charge in [0.1, 0.15) is 10.9 Å². The maximum atomic E-state index is 13.7. The Kier molecular flexibility index (Phi) is 8.25. The van der Waals surface area contributed by atoms with Crippen LogP contribution in [0.1, 0.15) is 66.8 Å². The Balaban J connectivity index is 2.56. The summed E-state index contributed by atoms with van der Waals surface area (Å²) in [5, 5.41) is 3.44. The maximum Gasteiger partial charge on any atom is 0.270 e. The molecule has 0 saturated carbocycles. The van der Waals surface area contributed by atoms with E-state index in [1.807, 2.05) is 40.7 Å². The Morgan fingerprint density at radius 2 is 1.84 bits per heavy atom. The number of hydrogen-bond donors (Lipinski definition) is 3. The first-order valence-electron chi connectivity index (χ1n) is 10.2. The lowest BCUT2D eigenvalue weighted by atomic mass is 9.98. The van der Waals surface area contributed by atoms with Gasteiger partial charge in [-0.15, -0.1) is 0 Å². The summed E-state index contributed by atoms with van der Waals surface area (Å²) in [6.07, 6.45) is 0.416. The van der Waals surface area contributed by atoms with Gasteiger partial charge in [-0.25, -0.2) is 0 Å². The summed E-state index contributed by atoms with van der Waals surface area (Å²) in [5.74, 6) is -1.50. The molecule has 8 nitrogen and oxygen atoms in total. The summed E-state index contributed by atoms with van der Waals surface area (Å²) < 4.78 is 3.94. The van der Waals surface area contributed by atoms with Gasteiger partial charge >= 0.3 is 0 Å². The van der Waals surface area contributed by atoms with Crippen molar-refractivity contribution in [1.82, 2.24) is 14.6 Å². The molecule has 0 fully saturated rings. The second-order valence-electron chi connectivity index (χ2n) is 9.05. The molecular weight excluding hydrogens is 450 g/mol. The molecule has 0 radical (unpaired) electrons. The molecule has 0 saturated heterocycles. The number of hydrogen-bond acceptors (Lipinski definition) is 6. The minimum atomic E-state index is -0.820. The van der Waals surface area contributed by atoms with E-state index < -0.39 is 23.4 Å². The minimum absolute atomic E-state index is 0.0585. The number of nitrogen functional groups attached to an aromatic ring is 1. The molecule has 10 heteroatoms. The van der Waals surface area contributed by atoms with Crippen LogP contribution >= 0.6 is 23.1 Å². The van der Waals surface area contributed by atoms with Crippen LogP contribution in [0.25, 0.3) is 0 Å². The first kappa shape index (κ1) is 25.6. The van der Waals surface area contributed by atoms with E-state index >= 15 is 0 Å². The fraction of sp³-hybridized carbons (Fsp3) is 0.455. The fourth-order valence-corrected chi connectivity index (χ4v) is 4.13. The third kappa shape index (κ3) is 6.43. The SMILES string of the molecule is CC(C)C[C@@H](C(=O)NC(C)(C)C)N(Cc1ccccc1Cl)C(=O)c1snc(C(N)=O)c1N.